The number of alkyl carbamates (subject to hydrolysis) is 1. The number of alkyl halides is 2. The number of rotatable bonds is 6. The van der Waals surface area contributed by atoms with Crippen LogP contribution in [0.25, 0.3) is 11.1 Å². The number of aliphatic carboxylic acids is 1. The maximum absolute atomic E-state index is 14.5. The summed E-state index contributed by atoms with van der Waals surface area (Å²) in [4.78, 5) is 36.7. The zero-order valence-electron chi connectivity index (χ0n) is 18.7. The minimum Gasteiger partial charge on any atom is -0.481 e. The van der Waals surface area contributed by atoms with Gasteiger partial charge in [0.25, 0.3) is 5.91 Å². The Morgan fingerprint density at radius 2 is 1.68 bits per heavy atom. The van der Waals surface area contributed by atoms with Gasteiger partial charge in [-0.15, -0.1) is 0 Å². The molecule has 2 amide bonds. The number of piperidine rings is 1. The van der Waals surface area contributed by atoms with E-state index in [9.17, 15) is 23.2 Å². The Kier molecular flexibility index (Phi) is 6.54. The largest absolute Gasteiger partial charge is 0.481 e. The molecule has 180 valence electrons. The Hall–Kier alpha value is -3.49. The van der Waals surface area contributed by atoms with E-state index in [4.69, 9.17) is 9.84 Å². The molecule has 0 aromatic heterocycles. The highest BCUT2D eigenvalue weighted by Crippen LogP contribution is 2.44. The first-order valence-electron chi connectivity index (χ1n) is 11.2. The van der Waals surface area contributed by atoms with Crippen LogP contribution in [-0.2, 0) is 14.3 Å². The second kappa shape index (κ2) is 9.40. The van der Waals surface area contributed by atoms with Gasteiger partial charge < -0.3 is 20.1 Å². The summed E-state index contributed by atoms with van der Waals surface area (Å²) in [6.45, 7) is 0.243. The number of hydrogen-bond donors (Lipinski definition) is 2. The zero-order chi connectivity index (χ0) is 24.5. The standard InChI is InChI=1S/C25H26F2N2O5/c1-15-12-16(22(30)31)10-11-29(15)23(32)25(26,27)14-28-24(33)34-13-21-19-8-4-2-6-17(19)18-7-3-5-9-20(18)21/h2-9,15-16,21H,10-14H2,1H3,(H,28,33)(H,30,31)/t15-,16-/m1/s1. The summed E-state index contributed by atoms with van der Waals surface area (Å²) in [7, 11) is 0. The normalized spacial score (nSPS) is 19.8. The van der Waals surface area contributed by atoms with Gasteiger partial charge in [-0.2, -0.15) is 8.78 Å². The molecule has 2 aromatic rings. The summed E-state index contributed by atoms with van der Waals surface area (Å²) in [6, 6.07) is 14.9. The molecule has 0 bridgehead atoms. The Labute approximate surface area is 195 Å². The number of nitrogens with zero attached hydrogens (tertiary/aromatic N) is 1. The third-order valence-electron chi connectivity index (χ3n) is 6.60. The lowest BCUT2D eigenvalue weighted by Crippen LogP contribution is -2.55. The number of benzene rings is 2. The third-order valence-corrected chi connectivity index (χ3v) is 6.60. The highest BCUT2D eigenvalue weighted by Gasteiger charge is 2.45. The van der Waals surface area contributed by atoms with Crippen molar-refractivity contribution >= 4 is 18.0 Å². The van der Waals surface area contributed by atoms with Gasteiger partial charge in [0.05, 0.1) is 12.5 Å². The van der Waals surface area contributed by atoms with Crippen LogP contribution in [0.15, 0.2) is 48.5 Å². The quantitative estimate of drug-likeness (QED) is 0.666. The molecule has 1 saturated heterocycles. The first-order chi connectivity index (χ1) is 16.2. The van der Waals surface area contributed by atoms with Gasteiger partial charge >= 0.3 is 18.0 Å². The minimum atomic E-state index is -3.84. The number of carboxylic acids is 1. The van der Waals surface area contributed by atoms with E-state index in [1.807, 2.05) is 53.8 Å². The smallest absolute Gasteiger partial charge is 0.407 e. The fraction of sp³-hybridized carbons (Fsp3) is 0.400. The van der Waals surface area contributed by atoms with Crippen LogP contribution in [0.2, 0.25) is 0 Å². The van der Waals surface area contributed by atoms with Gasteiger partial charge in [-0.25, -0.2) is 4.79 Å². The number of fused-ring (bicyclic) bond motifs is 3. The van der Waals surface area contributed by atoms with Crippen LogP contribution in [0.5, 0.6) is 0 Å². The lowest BCUT2D eigenvalue weighted by atomic mass is 9.91. The molecule has 0 saturated carbocycles. The zero-order valence-corrected chi connectivity index (χ0v) is 18.7. The molecule has 4 rings (SSSR count). The summed E-state index contributed by atoms with van der Waals surface area (Å²) in [5.74, 6) is -7.13. The fourth-order valence-electron chi connectivity index (χ4n) is 4.82. The average molecular weight is 472 g/mol. The molecule has 0 spiro atoms. The molecular weight excluding hydrogens is 446 g/mol. The first kappa shape index (κ1) is 23.7. The van der Waals surface area contributed by atoms with E-state index >= 15 is 0 Å². The molecule has 0 unspecified atom stereocenters. The van der Waals surface area contributed by atoms with Crippen molar-refractivity contribution in [2.45, 2.75) is 37.6 Å². The maximum Gasteiger partial charge on any atom is 0.407 e. The second-order valence-corrected chi connectivity index (χ2v) is 8.79. The third kappa shape index (κ3) is 4.60. The molecule has 2 aromatic carbocycles. The van der Waals surface area contributed by atoms with Crippen molar-refractivity contribution in [1.29, 1.82) is 0 Å². The number of nitrogens with one attached hydrogen (secondary N) is 1. The predicted octanol–water partition coefficient (Wildman–Crippen LogP) is 3.87. The number of likely N-dealkylation sites (tertiary alicyclic amines) is 1. The van der Waals surface area contributed by atoms with Crippen molar-refractivity contribution in [3.63, 3.8) is 0 Å². The summed E-state index contributed by atoms with van der Waals surface area (Å²) >= 11 is 0. The molecule has 1 fully saturated rings. The number of amides is 2. The van der Waals surface area contributed by atoms with Crippen LogP contribution in [0.4, 0.5) is 13.6 Å². The molecule has 34 heavy (non-hydrogen) atoms. The molecule has 1 heterocycles. The Morgan fingerprint density at radius 3 is 2.24 bits per heavy atom. The van der Waals surface area contributed by atoms with Crippen LogP contribution in [0.1, 0.15) is 36.8 Å². The van der Waals surface area contributed by atoms with Gasteiger partial charge in [0.2, 0.25) is 0 Å². The topological polar surface area (TPSA) is 95.9 Å². The van der Waals surface area contributed by atoms with Crippen LogP contribution < -0.4 is 5.32 Å². The van der Waals surface area contributed by atoms with Crippen LogP contribution in [-0.4, -0.2) is 59.6 Å². The molecule has 9 heteroatoms. The molecule has 1 aliphatic heterocycles. The summed E-state index contributed by atoms with van der Waals surface area (Å²) in [5, 5.41) is 11.1. The van der Waals surface area contributed by atoms with Gasteiger partial charge in [0.15, 0.2) is 0 Å². The number of hydrogen-bond acceptors (Lipinski definition) is 4. The van der Waals surface area contributed by atoms with Crippen molar-refractivity contribution in [3.05, 3.63) is 59.7 Å². The van der Waals surface area contributed by atoms with E-state index in [-0.39, 0.29) is 31.9 Å². The summed E-state index contributed by atoms with van der Waals surface area (Å²) in [5.41, 5.74) is 4.08. The van der Waals surface area contributed by atoms with E-state index in [0.29, 0.717) is 0 Å². The van der Waals surface area contributed by atoms with E-state index in [0.717, 1.165) is 27.2 Å². The fourth-order valence-corrected chi connectivity index (χ4v) is 4.82. The van der Waals surface area contributed by atoms with Crippen molar-refractivity contribution < 1.29 is 33.0 Å². The molecule has 0 radical (unpaired) electrons. The van der Waals surface area contributed by atoms with E-state index in [2.05, 4.69) is 0 Å². The predicted molar refractivity (Wildman–Crippen MR) is 120 cm³/mol. The second-order valence-electron chi connectivity index (χ2n) is 8.79. The number of ether oxygens (including phenoxy) is 1. The van der Waals surface area contributed by atoms with Crippen LogP contribution in [0.3, 0.4) is 0 Å². The van der Waals surface area contributed by atoms with Crippen molar-refractivity contribution in [2.75, 3.05) is 19.7 Å². The van der Waals surface area contributed by atoms with Crippen LogP contribution in [0, 0.1) is 5.92 Å². The molecule has 7 nitrogen and oxygen atoms in total. The van der Waals surface area contributed by atoms with Gasteiger partial charge in [0.1, 0.15) is 6.61 Å². The summed E-state index contributed by atoms with van der Waals surface area (Å²) in [6.07, 6.45) is -0.815. The Balaban J connectivity index is 1.33. The van der Waals surface area contributed by atoms with E-state index in [1.165, 1.54) is 0 Å². The Morgan fingerprint density at radius 1 is 1.09 bits per heavy atom. The number of carbonyl (C=O) groups is 3. The average Bonchev–Trinajstić information content (AvgIpc) is 3.14. The maximum atomic E-state index is 14.5. The van der Waals surface area contributed by atoms with E-state index < -0.39 is 42.4 Å². The highest BCUT2D eigenvalue weighted by molar-refractivity contribution is 5.85. The van der Waals surface area contributed by atoms with E-state index in [1.54, 1.807) is 6.92 Å². The molecule has 2 N–H and O–H groups in total. The number of carbonyl (C=O) groups excluding carboxylic acids is 2. The van der Waals surface area contributed by atoms with Gasteiger partial charge in [-0.05, 0) is 42.0 Å². The molecular formula is C25H26F2N2O5. The Bertz CT molecular complexity index is 1060. The lowest BCUT2D eigenvalue weighted by Gasteiger charge is -2.37. The van der Waals surface area contributed by atoms with Crippen molar-refractivity contribution in [3.8, 4) is 11.1 Å². The monoisotopic (exact) mass is 472 g/mol. The summed E-state index contributed by atoms with van der Waals surface area (Å²) < 4.78 is 34.3. The highest BCUT2D eigenvalue weighted by atomic mass is 19.3. The van der Waals surface area contributed by atoms with Crippen molar-refractivity contribution in [1.82, 2.24) is 10.2 Å². The number of carboxylic acid groups (broad SMARTS) is 1. The first-order valence-corrected chi connectivity index (χ1v) is 11.2. The van der Waals surface area contributed by atoms with Gasteiger partial charge in [-0.3, -0.25) is 9.59 Å². The lowest BCUT2D eigenvalue weighted by molar-refractivity contribution is -0.163. The van der Waals surface area contributed by atoms with Gasteiger partial charge in [0, 0.05) is 18.5 Å². The van der Waals surface area contributed by atoms with Gasteiger partial charge in [-0.1, -0.05) is 48.5 Å². The minimum absolute atomic E-state index is 0.0287. The number of halogens is 2. The SMILES string of the molecule is C[C@@H]1C[C@H](C(=O)O)CCN1C(=O)C(F)(F)CNC(=O)OCC1c2ccccc2-c2ccccc21. The van der Waals surface area contributed by atoms with Crippen molar-refractivity contribution in [2.24, 2.45) is 5.92 Å². The van der Waals surface area contributed by atoms with Crippen LogP contribution >= 0.6 is 0 Å². The molecule has 2 aliphatic rings. The molecule has 2 atom stereocenters. The molecule has 1 aliphatic carbocycles.